The van der Waals surface area contributed by atoms with Gasteiger partial charge >= 0.3 is 0 Å². The summed E-state index contributed by atoms with van der Waals surface area (Å²) in [5.74, 6) is -3.01. The minimum atomic E-state index is -1.10. The molecule has 0 aliphatic carbocycles. The van der Waals surface area contributed by atoms with Gasteiger partial charge in [-0.2, -0.15) is 0 Å². The van der Waals surface area contributed by atoms with Crippen molar-refractivity contribution >= 4 is 56.8 Å². The lowest BCUT2D eigenvalue weighted by Crippen LogP contribution is -2.29. The van der Waals surface area contributed by atoms with E-state index < -0.39 is 28.7 Å². The fraction of sp³-hybridized carbons (Fsp3) is 0.240. The second kappa shape index (κ2) is 12.8. The standard InChI is InChI=1S/C24H22BrF2N5O2S.CH4/c25-14-12-16(24(29-13-14)30-19-8-4-5-11-34-19)22(28)23(33)20-17(26)9-10-18(21(20)27)32-35-31-15-6-2-1-3-7-15;/h1-3,6-7,9-10,12-13,19,28,31-32H,4-5,8,11H2,(H,29,30);1H4. The normalized spacial score (nSPS) is 14.9. The molecular weight excluding hydrogens is 552 g/mol. The highest BCUT2D eigenvalue weighted by Crippen LogP contribution is 2.28. The number of aromatic nitrogens is 1. The smallest absolute Gasteiger partial charge is 0.217 e. The first-order chi connectivity index (χ1) is 16.9. The molecule has 0 radical (unpaired) electrons. The summed E-state index contributed by atoms with van der Waals surface area (Å²) >= 11 is 4.25. The maximum Gasteiger partial charge on any atom is 0.217 e. The first-order valence-electron chi connectivity index (χ1n) is 10.8. The van der Waals surface area contributed by atoms with Crippen LogP contribution in [-0.2, 0) is 4.74 Å². The monoisotopic (exact) mass is 577 g/mol. The lowest BCUT2D eigenvalue weighted by molar-refractivity contribution is 0.0341. The van der Waals surface area contributed by atoms with Crippen molar-refractivity contribution in [3.8, 4) is 0 Å². The molecule has 1 saturated heterocycles. The van der Waals surface area contributed by atoms with Crippen molar-refractivity contribution in [3.05, 3.63) is 82.0 Å². The Balaban J connectivity index is 0.00000361. The van der Waals surface area contributed by atoms with Crippen molar-refractivity contribution < 1.29 is 18.3 Å². The molecule has 36 heavy (non-hydrogen) atoms. The lowest BCUT2D eigenvalue weighted by atomic mass is 9.99. The van der Waals surface area contributed by atoms with Crippen molar-refractivity contribution in [1.29, 1.82) is 5.41 Å². The van der Waals surface area contributed by atoms with Crippen LogP contribution in [0.2, 0.25) is 0 Å². The van der Waals surface area contributed by atoms with Gasteiger partial charge in [0.25, 0.3) is 0 Å². The number of para-hydroxylation sites is 1. The summed E-state index contributed by atoms with van der Waals surface area (Å²) in [6.07, 6.45) is 3.84. The molecule has 0 saturated carbocycles. The van der Waals surface area contributed by atoms with Gasteiger partial charge in [0, 0.05) is 28.5 Å². The molecule has 3 aromatic rings. The molecule has 1 fully saturated rings. The van der Waals surface area contributed by atoms with Gasteiger partial charge in [0.2, 0.25) is 5.78 Å². The summed E-state index contributed by atoms with van der Waals surface area (Å²) in [6, 6.07) is 12.9. The molecule has 2 aromatic carbocycles. The highest BCUT2D eigenvalue weighted by atomic mass is 79.9. The SMILES string of the molecule is C.N=C(C(=O)c1c(F)ccc(NSNc2ccccc2)c1F)c1cc(Br)cnc1NC1CCCCO1. The van der Waals surface area contributed by atoms with Gasteiger partial charge in [-0.3, -0.25) is 10.2 Å². The number of nitrogens with zero attached hydrogens (tertiary/aromatic N) is 1. The number of ether oxygens (including phenoxy) is 1. The van der Waals surface area contributed by atoms with Gasteiger partial charge in [-0.1, -0.05) is 25.6 Å². The van der Waals surface area contributed by atoms with Crippen molar-refractivity contribution in [3.63, 3.8) is 0 Å². The summed E-state index contributed by atoms with van der Waals surface area (Å²) in [6.45, 7) is 0.591. The molecule has 1 aliphatic heterocycles. The summed E-state index contributed by atoms with van der Waals surface area (Å²) in [5, 5.41) is 11.6. The predicted octanol–water partition coefficient (Wildman–Crippen LogP) is 7.03. The molecular formula is C25H26BrF2N5O2S. The van der Waals surface area contributed by atoms with Crippen molar-refractivity contribution in [2.75, 3.05) is 21.4 Å². The van der Waals surface area contributed by atoms with Crippen molar-refractivity contribution in [1.82, 2.24) is 4.98 Å². The zero-order chi connectivity index (χ0) is 24.8. The topological polar surface area (TPSA) is 99.1 Å². The Morgan fingerprint density at radius 3 is 2.64 bits per heavy atom. The first kappa shape index (κ1) is 27.6. The number of rotatable bonds is 9. The number of carbonyl (C=O) groups excluding carboxylic acids is 1. The van der Waals surface area contributed by atoms with Gasteiger partial charge in [-0.25, -0.2) is 13.8 Å². The molecule has 7 nitrogen and oxygen atoms in total. The number of carbonyl (C=O) groups is 1. The number of pyridine rings is 1. The molecule has 4 N–H and O–H groups in total. The molecule has 1 unspecified atom stereocenters. The maximum absolute atomic E-state index is 15.2. The van der Waals surface area contributed by atoms with Crippen molar-refractivity contribution in [2.45, 2.75) is 32.9 Å². The number of hydrogen-bond acceptors (Lipinski definition) is 8. The minimum Gasteiger partial charge on any atom is -0.359 e. The van der Waals surface area contributed by atoms with E-state index in [0.29, 0.717) is 11.1 Å². The first-order valence-corrected chi connectivity index (χ1v) is 12.4. The number of Topliss-reactive ketones (excluding diaryl/α,β-unsaturated/α-hetero) is 1. The van der Waals surface area contributed by atoms with E-state index in [2.05, 4.69) is 35.7 Å². The third-order valence-electron chi connectivity index (χ3n) is 5.25. The molecule has 0 amide bonds. The average molecular weight is 578 g/mol. The number of benzene rings is 2. The molecule has 0 bridgehead atoms. The lowest BCUT2D eigenvalue weighted by Gasteiger charge is -2.25. The number of ketones is 1. The Morgan fingerprint density at radius 2 is 1.92 bits per heavy atom. The molecule has 4 rings (SSSR count). The van der Waals surface area contributed by atoms with Gasteiger partial charge in [0.15, 0.2) is 5.82 Å². The van der Waals surface area contributed by atoms with Crippen LogP contribution in [0.1, 0.15) is 42.6 Å². The van der Waals surface area contributed by atoms with E-state index in [9.17, 15) is 9.18 Å². The highest BCUT2D eigenvalue weighted by Gasteiger charge is 2.27. The third kappa shape index (κ3) is 6.59. The Labute approximate surface area is 221 Å². The number of anilines is 3. The highest BCUT2D eigenvalue weighted by molar-refractivity contribution is 9.10. The quantitative estimate of drug-likeness (QED) is 0.123. The average Bonchev–Trinajstić information content (AvgIpc) is 2.87. The number of hydrogen-bond donors (Lipinski definition) is 4. The summed E-state index contributed by atoms with van der Waals surface area (Å²) in [4.78, 5) is 17.4. The van der Waals surface area contributed by atoms with E-state index in [1.54, 1.807) is 0 Å². The largest absolute Gasteiger partial charge is 0.359 e. The van der Waals surface area contributed by atoms with Crippen LogP contribution in [0.25, 0.3) is 0 Å². The van der Waals surface area contributed by atoms with Crippen LogP contribution in [0, 0.1) is 17.0 Å². The second-order valence-electron chi connectivity index (χ2n) is 7.71. The maximum atomic E-state index is 15.2. The summed E-state index contributed by atoms with van der Waals surface area (Å²) in [5.41, 5.74) is -0.634. The Kier molecular flexibility index (Phi) is 9.80. The molecule has 1 aromatic heterocycles. The second-order valence-corrected chi connectivity index (χ2v) is 9.24. The van der Waals surface area contributed by atoms with Crippen LogP contribution in [0.3, 0.4) is 0 Å². The van der Waals surface area contributed by atoms with Crippen LogP contribution in [0.15, 0.2) is 59.2 Å². The fourth-order valence-corrected chi connectivity index (χ4v) is 4.39. The van der Waals surface area contributed by atoms with Crippen LogP contribution in [0.5, 0.6) is 0 Å². The van der Waals surface area contributed by atoms with Gasteiger partial charge in [-0.15, -0.1) is 0 Å². The van der Waals surface area contributed by atoms with E-state index in [1.165, 1.54) is 18.3 Å². The van der Waals surface area contributed by atoms with Crippen LogP contribution in [-0.4, -0.2) is 29.3 Å². The Morgan fingerprint density at radius 1 is 1.14 bits per heavy atom. The Hall–Kier alpha value is -3.02. The Bertz CT molecular complexity index is 1230. The third-order valence-corrected chi connectivity index (χ3v) is 6.34. The zero-order valence-corrected chi connectivity index (χ0v) is 20.8. The zero-order valence-electron chi connectivity index (χ0n) is 18.4. The van der Waals surface area contributed by atoms with Gasteiger partial charge in [0.1, 0.15) is 23.6 Å². The van der Waals surface area contributed by atoms with E-state index in [4.69, 9.17) is 10.1 Å². The number of nitrogens with one attached hydrogen (secondary N) is 4. The summed E-state index contributed by atoms with van der Waals surface area (Å²) < 4.78 is 41.7. The molecule has 2 heterocycles. The van der Waals surface area contributed by atoms with Gasteiger partial charge in [0.05, 0.1) is 23.4 Å². The molecule has 1 aliphatic rings. The minimum absolute atomic E-state index is 0. The van der Waals surface area contributed by atoms with Gasteiger partial charge < -0.3 is 19.5 Å². The number of halogens is 3. The predicted molar refractivity (Wildman–Crippen MR) is 145 cm³/mol. The van der Waals surface area contributed by atoms with E-state index in [-0.39, 0.29) is 30.7 Å². The molecule has 0 spiro atoms. The molecule has 11 heteroatoms. The van der Waals surface area contributed by atoms with Crippen LogP contribution < -0.4 is 14.8 Å². The fourth-order valence-electron chi connectivity index (χ4n) is 3.48. The van der Waals surface area contributed by atoms with Crippen LogP contribution >= 0.6 is 28.1 Å². The van der Waals surface area contributed by atoms with Gasteiger partial charge in [-0.05, 0) is 65.5 Å². The van der Waals surface area contributed by atoms with Crippen molar-refractivity contribution in [2.24, 2.45) is 0 Å². The van der Waals surface area contributed by atoms with E-state index in [0.717, 1.165) is 43.2 Å². The van der Waals surface area contributed by atoms with E-state index >= 15 is 4.39 Å². The van der Waals surface area contributed by atoms with E-state index in [1.807, 2.05) is 30.3 Å². The van der Waals surface area contributed by atoms with Crippen LogP contribution in [0.4, 0.5) is 26.0 Å². The summed E-state index contributed by atoms with van der Waals surface area (Å²) in [7, 11) is 0. The molecule has 190 valence electrons. The molecule has 1 atom stereocenters.